The van der Waals surface area contributed by atoms with Gasteiger partial charge in [-0.25, -0.2) is 0 Å². The molecule has 0 amide bonds. The summed E-state index contributed by atoms with van der Waals surface area (Å²) in [5, 5.41) is 14.0. The van der Waals surface area contributed by atoms with Crippen LogP contribution in [0.15, 0.2) is 12.4 Å². The van der Waals surface area contributed by atoms with Gasteiger partial charge in [-0.2, -0.15) is 5.10 Å². The van der Waals surface area contributed by atoms with Crippen molar-refractivity contribution in [1.82, 2.24) is 9.78 Å². The van der Waals surface area contributed by atoms with Crippen molar-refractivity contribution in [2.24, 2.45) is 18.9 Å². The first-order valence-corrected chi connectivity index (χ1v) is 5.16. The zero-order valence-electron chi connectivity index (χ0n) is 9.44. The summed E-state index contributed by atoms with van der Waals surface area (Å²) >= 11 is 0. The molecule has 2 unspecified atom stereocenters. The Morgan fingerprint density at radius 1 is 1.43 bits per heavy atom. The average Bonchev–Trinajstić information content (AvgIpc) is 2.49. The van der Waals surface area contributed by atoms with Gasteiger partial charge in [0.05, 0.1) is 12.3 Å². The van der Waals surface area contributed by atoms with E-state index in [-0.39, 0.29) is 6.10 Å². The van der Waals surface area contributed by atoms with Crippen LogP contribution >= 0.6 is 0 Å². The third-order valence-corrected chi connectivity index (χ3v) is 2.86. The second-order valence-corrected chi connectivity index (χ2v) is 4.40. The topological polar surface area (TPSA) is 38.1 Å². The van der Waals surface area contributed by atoms with Gasteiger partial charge >= 0.3 is 0 Å². The van der Waals surface area contributed by atoms with Gasteiger partial charge in [-0.1, -0.05) is 20.8 Å². The predicted octanol–water partition coefficient (Wildman–Crippen LogP) is 1.62. The molecule has 1 heterocycles. The maximum absolute atomic E-state index is 9.91. The van der Waals surface area contributed by atoms with Crippen molar-refractivity contribution >= 4 is 0 Å². The van der Waals surface area contributed by atoms with E-state index >= 15 is 0 Å². The van der Waals surface area contributed by atoms with Crippen LogP contribution in [-0.2, 0) is 13.5 Å². The molecule has 1 rings (SSSR count). The second kappa shape index (κ2) is 4.60. The molecule has 80 valence electrons. The first-order chi connectivity index (χ1) is 6.50. The van der Waals surface area contributed by atoms with Crippen LogP contribution in [0.5, 0.6) is 0 Å². The molecule has 0 aliphatic heterocycles. The van der Waals surface area contributed by atoms with E-state index in [1.165, 1.54) is 0 Å². The van der Waals surface area contributed by atoms with Crippen molar-refractivity contribution in [3.63, 3.8) is 0 Å². The van der Waals surface area contributed by atoms with E-state index in [0.717, 1.165) is 5.56 Å². The van der Waals surface area contributed by atoms with Crippen molar-refractivity contribution in [3.8, 4) is 0 Å². The molecule has 0 fully saturated rings. The highest BCUT2D eigenvalue weighted by Crippen LogP contribution is 2.17. The van der Waals surface area contributed by atoms with E-state index in [9.17, 15) is 5.11 Å². The van der Waals surface area contributed by atoms with Crippen molar-refractivity contribution in [1.29, 1.82) is 0 Å². The van der Waals surface area contributed by atoms with Crippen LogP contribution in [0.1, 0.15) is 26.3 Å². The quantitative estimate of drug-likeness (QED) is 0.794. The summed E-state index contributed by atoms with van der Waals surface area (Å²) in [7, 11) is 1.89. The Morgan fingerprint density at radius 2 is 2.07 bits per heavy atom. The van der Waals surface area contributed by atoms with E-state index < -0.39 is 0 Å². The van der Waals surface area contributed by atoms with Crippen LogP contribution in [0.2, 0.25) is 0 Å². The predicted molar refractivity (Wildman–Crippen MR) is 56.9 cm³/mol. The lowest BCUT2D eigenvalue weighted by Gasteiger charge is -2.21. The van der Waals surface area contributed by atoms with E-state index in [4.69, 9.17) is 0 Å². The highest BCUT2D eigenvalue weighted by molar-refractivity contribution is 5.05. The molecule has 0 aliphatic carbocycles. The fourth-order valence-corrected chi connectivity index (χ4v) is 1.45. The normalized spacial score (nSPS) is 15.9. The highest BCUT2D eigenvalue weighted by atomic mass is 16.3. The molecule has 0 saturated carbocycles. The number of rotatable bonds is 4. The van der Waals surface area contributed by atoms with E-state index in [1.54, 1.807) is 4.68 Å². The van der Waals surface area contributed by atoms with Gasteiger partial charge in [0, 0.05) is 19.7 Å². The molecule has 0 aliphatic rings. The molecule has 0 saturated heterocycles. The number of nitrogens with zero attached hydrogens (tertiary/aromatic N) is 2. The fourth-order valence-electron chi connectivity index (χ4n) is 1.45. The minimum Gasteiger partial charge on any atom is -0.392 e. The molecule has 2 atom stereocenters. The molecule has 0 radical (unpaired) electrons. The Labute approximate surface area is 85.8 Å². The van der Waals surface area contributed by atoms with Gasteiger partial charge in [0.1, 0.15) is 0 Å². The molecule has 1 aromatic rings. The minimum absolute atomic E-state index is 0.265. The Hall–Kier alpha value is -0.830. The van der Waals surface area contributed by atoms with E-state index in [2.05, 4.69) is 25.9 Å². The Bertz CT molecular complexity index is 281. The smallest absolute Gasteiger partial charge is 0.0609 e. The van der Waals surface area contributed by atoms with Crippen molar-refractivity contribution in [2.75, 3.05) is 0 Å². The molecule has 3 heteroatoms. The molecule has 0 spiro atoms. The average molecular weight is 196 g/mol. The van der Waals surface area contributed by atoms with Crippen molar-refractivity contribution < 1.29 is 5.11 Å². The number of aliphatic hydroxyl groups is 1. The molecule has 1 N–H and O–H groups in total. The number of aliphatic hydroxyl groups excluding tert-OH is 1. The minimum atomic E-state index is -0.265. The Morgan fingerprint density at radius 3 is 2.50 bits per heavy atom. The van der Waals surface area contributed by atoms with Gasteiger partial charge in [-0.15, -0.1) is 0 Å². The molecule has 0 aromatic carbocycles. The standard InChI is InChI=1S/C11H20N2O/c1-8(2)9(3)11(14)5-10-6-12-13(4)7-10/h6-9,11,14H,5H2,1-4H3. The summed E-state index contributed by atoms with van der Waals surface area (Å²) in [6.07, 6.45) is 4.21. The largest absolute Gasteiger partial charge is 0.392 e. The lowest BCUT2D eigenvalue weighted by atomic mass is 9.89. The van der Waals surface area contributed by atoms with Crippen LogP contribution in [-0.4, -0.2) is 21.0 Å². The van der Waals surface area contributed by atoms with Crippen LogP contribution in [0.4, 0.5) is 0 Å². The highest BCUT2D eigenvalue weighted by Gasteiger charge is 2.18. The Kier molecular flexibility index (Phi) is 3.69. The maximum Gasteiger partial charge on any atom is 0.0609 e. The van der Waals surface area contributed by atoms with Gasteiger partial charge in [-0.05, 0) is 17.4 Å². The molecular weight excluding hydrogens is 176 g/mol. The number of hydrogen-bond donors (Lipinski definition) is 1. The molecule has 3 nitrogen and oxygen atoms in total. The van der Waals surface area contributed by atoms with E-state index in [0.29, 0.717) is 18.3 Å². The molecule has 0 bridgehead atoms. The maximum atomic E-state index is 9.91. The zero-order chi connectivity index (χ0) is 10.7. The molecule has 14 heavy (non-hydrogen) atoms. The monoisotopic (exact) mass is 196 g/mol. The van der Waals surface area contributed by atoms with E-state index in [1.807, 2.05) is 19.4 Å². The van der Waals surface area contributed by atoms with Crippen molar-refractivity contribution in [3.05, 3.63) is 18.0 Å². The van der Waals surface area contributed by atoms with Gasteiger partial charge in [-0.3, -0.25) is 4.68 Å². The third-order valence-electron chi connectivity index (χ3n) is 2.86. The fraction of sp³-hybridized carbons (Fsp3) is 0.727. The van der Waals surface area contributed by atoms with Crippen molar-refractivity contribution in [2.45, 2.75) is 33.3 Å². The van der Waals surface area contributed by atoms with Crippen LogP contribution in [0, 0.1) is 11.8 Å². The number of aromatic nitrogens is 2. The first kappa shape index (κ1) is 11.2. The summed E-state index contributed by atoms with van der Waals surface area (Å²) < 4.78 is 1.77. The Balaban J connectivity index is 2.52. The lowest BCUT2D eigenvalue weighted by molar-refractivity contribution is 0.0921. The summed E-state index contributed by atoms with van der Waals surface area (Å²) in [4.78, 5) is 0. The van der Waals surface area contributed by atoms with Gasteiger partial charge in [0.25, 0.3) is 0 Å². The summed E-state index contributed by atoms with van der Waals surface area (Å²) in [5.74, 6) is 0.844. The van der Waals surface area contributed by atoms with Gasteiger partial charge in [0.2, 0.25) is 0 Å². The molecule has 1 aromatic heterocycles. The zero-order valence-corrected chi connectivity index (χ0v) is 9.44. The van der Waals surface area contributed by atoms with Gasteiger partial charge in [0.15, 0.2) is 0 Å². The second-order valence-electron chi connectivity index (χ2n) is 4.40. The molecular formula is C11H20N2O. The summed E-state index contributed by atoms with van der Waals surface area (Å²) in [6, 6.07) is 0. The van der Waals surface area contributed by atoms with Crippen LogP contribution in [0.3, 0.4) is 0 Å². The lowest BCUT2D eigenvalue weighted by Crippen LogP contribution is -2.24. The third kappa shape index (κ3) is 2.84. The number of hydrogen-bond acceptors (Lipinski definition) is 2. The SMILES string of the molecule is CC(C)C(C)C(O)Cc1cnn(C)c1. The summed E-state index contributed by atoms with van der Waals surface area (Å²) in [6.45, 7) is 6.36. The summed E-state index contributed by atoms with van der Waals surface area (Å²) in [5.41, 5.74) is 1.10. The first-order valence-electron chi connectivity index (χ1n) is 5.16. The van der Waals surface area contributed by atoms with Gasteiger partial charge < -0.3 is 5.11 Å². The van der Waals surface area contributed by atoms with Crippen LogP contribution < -0.4 is 0 Å². The number of aryl methyl sites for hydroxylation is 1. The van der Waals surface area contributed by atoms with Crippen LogP contribution in [0.25, 0.3) is 0 Å².